The number of hydrogen-bond donors (Lipinski definition) is 1. The van der Waals surface area contributed by atoms with Gasteiger partial charge in [-0.25, -0.2) is 9.97 Å². The molecule has 31 heavy (non-hydrogen) atoms. The van der Waals surface area contributed by atoms with Gasteiger partial charge in [0.2, 0.25) is 5.91 Å². The summed E-state index contributed by atoms with van der Waals surface area (Å²) in [5, 5.41) is 7.37. The number of carbonyl (C=O) groups is 1. The quantitative estimate of drug-likeness (QED) is 0.307. The summed E-state index contributed by atoms with van der Waals surface area (Å²) in [7, 11) is 0. The fraction of sp³-hybridized carbons (Fsp3) is 0.136. The van der Waals surface area contributed by atoms with Crippen molar-refractivity contribution >= 4 is 56.5 Å². The van der Waals surface area contributed by atoms with E-state index in [1.54, 1.807) is 29.5 Å². The van der Waals surface area contributed by atoms with E-state index in [2.05, 4.69) is 20.7 Å². The molecule has 0 spiro atoms. The van der Waals surface area contributed by atoms with E-state index in [0.29, 0.717) is 35.4 Å². The Morgan fingerprint density at radius 1 is 1.10 bits per heavy atom. The molecule has 3 heterocycles. The summed E-state index contributed by atoms with van der Waals surface area (Å²) >= 11 is 8.96. The minimum atomic E-state index is -0.128. The van der Waals surface area contributed by atoms with Crippen molar-refractivity contribution in [3.05, 3.63) is 59.2 Å². The summed E-state index contributed by atoms with van der Waals surface area (Å²) in [6, 6.07) is 13.0. The number of carbonyl (C=O) groups excluding carboxylic acids is 1. The Morgan fingerprint density at radius 3 is 2.74 bits per heavy atom. The Labute approximate surface area is 191 Å². The van der Waals surface area contributed by atoms with Gasteiger partial charge < -0.3 is 14.8 Å². The Hall–Kier alpha value is -2.81. The van der Waals surface area contributed by atoms with E-state index in [1.165, 1.54) is 18.1 Å². The van der Waals surface area contributed by atoms with Gasteiger partial charge in [0, 0.05) is 27.7 Å². The third-order valence-electron chi connectivity index (χ3n) is 4.66. The third-order valence-corrected chi connectivity index (χ3v) is 6.78. The number of rotatable bonds is 5. The number of halogens is 1. The first-order valence-corrected chi connectivity index (χ1v) is 11.7. The molecule has 2 aromatic carbocycles. The second kappa shape index (κ2) is 8.74. The predicted molar refractivity (Wildman–Crippen MR) is 125 cm³/mol. The van der Waals surface area contributed by atoms with E-state index >= 15 is 0 Å². The fourth-order valence-corrected chi connectivity index (χ4v) is 5.17. The van der Waals surface area contributed by atoms with Crippen molar-refractivity contribution < 1.29 is 14.3 Å². The SMILES string of the molecule is O=C(CSc1ncnc2scc(-c3ccc(Cl)cc3)c12)Nc1ccc2c(c1)OCCO2. The van der Waals surface area contributed by atoms with Gasteiger partial charge in [-0.3, -0.25) is 4.79 Å². The first kappa shape index (κ1) is 20.1. The van der Waals surface area contributed by atoms with Gasteiger partial charge >= 0.3 is 0 Å². The zero-order chi connectivity index (χ0) is 21.2. The molecule has 1 amide bonds. The molecular formula is C22H16ClN3O3S2. The molecule has 0 saturated carbocycles. The average Bonchev–Trinajstić information content (AvgIpc) is 3.23. The molecule has 0 bridgehead atoms. The molecule has 0 unspecified atom stereocenters. The van der Waals surface area contributed by atoms with Crippen LogP contribution >= 0.6 is 34.7 Å². The number of aromatic nitrogens is 2. The molecule has 9 heteroatoms. The van der Waals surface area contributed by atoms with Crippen molar-refractivity contribution in [3.63, 3.8) is 0 Å². The highest BCUT2D eigenvalue weighted by molar-refractivity contribution is 8.00. The molecule has 156 valence electrons. The molecule has 2 aromatic heterocycles. The van der Waals surface area contributed by atoms with E-state index in [-0.39, 0.29) is 11.7 Å². The van der Waals surface area contributed by atoms with Crippen molar-refractivity contribution in [1.29, 1.82) is 0 Å². The van der Waals surface area contributed by atoms with Crippen LogP contribution in [0.5, 0.6) is 11.5 Å². The lowest BCUT2D eigenvalue weighted by Gasteiger charge is -2.19. The number of nitrogens with one attached hydrogen (secondary N) is 1. The lowest BCUT2D eigenvalue weighted by atomic mass is 10.1. The number of amides is 1. The molecule has 1 aliphatic rings. The number of nitrogens with zero attached hydrogens (tertiary/aromatic N) is 2. The Morgan fingerprint density at radius 2 is 1.90 bits per heavy atom. The van der Waals surface area contributed by atoms with E-state index < -0.39 is 0 Å². The first-order chi connectivity index (χ1) is 15.2. The molecule has 0 saturated heterocycles. The van der Waals surface area contributed by atoms with Crippen LogP contribution in [0.25, 0.3) is 21.3 Å². The molecule has 0 radical (unpaired) electrons. The lowest BCUT2D eigenvalue weighted by molar-refractivity contribution is -0.113. The molecular weight excluding hydrogens is 454 g/mol. The number of fused-ring (bicyclic) bond motifs is 2. The second-order valence-corrected chi connectivity index (χ2v) is 8.97. The molecule has 1 N–H and O–H groups in total. The van der Waals surface area contributed by atoms with Gasteiger partial charge in [-0.15, -0.1) is 11.3 Å². The summed E-state index contributed by atoms with van der Waals surface area (Å²) in [4.78, 5) is 22.3. The maximum absolute atomic E-state index is 12.6. The Balaban J connectivity index is 1.33. The first-order valence-electron chi connectivity index (χ1n) is 9.48. The van der Waals surface area contributed by atoms with Gasteiger partial charge in [0.15, 0.2) is 11.5 Å². The molecule has 4 aromatic rings. The van der Waals surface area contributed by atoms with Gasteiger partial charge in [0.1, 0.15) is 29.4 Å². The summed E-state index contributed by atoms with van der Waals surface area (Å²) in [5.74, 6) is 1.42. The Kier molecular flexibility index (Phi) is 5.67. The molecule has 0 fully saturated rings. The van der Waals surface area contributed by atoms with Crippen molar-refractivity contribution in [2.24, 2.45) is 0 Å². The summed E-state index contributed by atoms with van der Waals surface area (Å²) in [6.07, 6.45) is 1.53. The van der Waals surface area contributed by atoms with Crippen molar-refractivity contribution in [2.75, 3.05) is 24.3 Å². The van der Waals surface area contributed by atoms with Crippen LogP contribution in [0, 0.1) is 0 Å². The van der Waals surface area contributed by atoms with Crippen LogP contribution in [-0.4, -0.2) is 34.8 Å². The van der Waals surface area contributed by atoms with Crippen LogP contribution in [0.1, 0.15) is 0 Å². The maximum atomic E-state index is 12.6. The smallest absolute Gasteiger partial charge is 0.234 e. The topological polar surface area (TPSA) is 73.3 Å². The normalized spacial score (nSPS) is 12.7. The molecule has 0 aliphatic carbocycles. The zero-order valence-electron chi connectivity index (χ0n) is 16.1. The molecule has 6 nitrogen and oxygen atoms in total. The standard InChI is InChI=1S/C22H16ClN3O3S2/c23-14-3-1-13(2-4-14)16-10-30-21-20(16)22(25-12-24-21)31-11-19(27)26-15-5-6-17-18(9-15)29-8-7-28-17/h1-6,9-10,12H,7-8,11H2,(H,26,27). The van der Waals surface area contributed by atoms with Gasteiger partial charge in [-0.05, 0) is 29.8 Å². The fourth-order valence-electron chi connectivity index (χ4n) is 3.25. The summed E-state index contributed by atoms with van der Waals surface area (Å²) in [6.45, 7) is 1.03. The van der Waals surface area contributed by atoms with Crippen LogP contribution < -0.4 is 14.8 Å². The van der Waals surface area contributed by atoms with Gasteiger partial charge in [0.25, 0.3) is 0 Å². The minimum Gasteiger partial charge on any atom is -0.486 e. The van der Waals surface area contributed by atoms with E-state index in [1.807, 2.05) is 24.3 Å². The number of anilines is 1. The second-order valence-electron chi connectivity index (χ2n) is 6.71. The van der Waals surface area contributed by atoms with Crippen LogP contribution in [0.2, 0.25) is 5.02 Å². The number of hydrogen-bond acceptors (Lipinski definition) is 7. The van der Waals surface area contributed by atoms with Crippen LogP contribution in [-0.2, 0) is 4.79 Å². The molecule has 0 atom stereocenters. The monoisotopic (exact) mass is 469 g/mol. The van der Waals surface area contributed by atoms with Crippen molar-refractivity contribution in [2.45, 2.75) is 5.03 Å². The summed E-state index contributed by atoms with van der Waals surface area (Å²) < 4.78 is 11.1. The lowest BCUT2D eigenvalue weighted by Crippen LogP contribution is -2.17. The number of ether oxygens (including phenoxy) is 2. The van der Waals surface area contributed by atoms with Crippen LogP contribution in [0.15, 0.2) is 59.2 Å². The van der Waals surface area contributed by atoms with Crippen molar-refractivity contribution in [3.8, 4) is 22.6 Å². The van der Waals surface area contributed by atoms with Crippen LogP contribution in [0.3, 0.4) is 0 Å². The van der Waals surface area contributed by atoms with Crippen molar-refractivity contribution in [1.82, 2.24) is 9.97 Å². The van der Waals surface area contributed by atoms with E-state index in [0.717, 1.165) is 26.4 Å². The largest absolute Gasteiger partial charge is 0.486 e. The third kappa shape index (κ3) is 4.32. The van der Waals surface area contributed by atoms with Crippen LogP contribution in [0.4, 0.5) is 5.69 Å². The average molecular weight is 470 g/mol. The highest BCUT2D eigenvalue weighted by Crippen LogP contribution is 2.38. The van der Waals surface area contributed by atoms with Gasteiger partial charge in [0.05, 0.1) is 11.1 Å². The summed E-state index contributed by atoms with van der Waals surface area (Å²) in [5.41, 5.74) is 2.74. The highest BCUT2D eigenvalue weighted by atomic mass is 35.5. The molecule has 1 aliphatic heterocycles. The zero-order valence-corrected chi connectivity index (χ0v) is 18.5. The number of thiophene rings is 1. The van der Waals surface area contributed by atoms with E-state index in [9.17, 15) is 4.79 Å². The van der Waals surface area contributed by atoms with Gasteiger partial charge in [-0.2, -0.15) is 0 Å². The predicted octanol–water partition coefficient (Wildman–Crippen LogP) is 5.51. The Bertz CT molecular complexity index is 1260. The van der Waals surface area contributed by atoms with Gasteiger partial charge in [-0.1, -0.05) is 35.5 Å². The maximum Gasteiger partial charge on any atom is 0.234 e. The number of benzene rings is 2. The molecule has 5 rings (SSSR count). The number of thioether (sulfide) groups is 1. The van der Waals surface area contributed by atoms with E-state index in [4.69, 9.17) is 21.1 Å². The highest BCUT2D eigenvalue weighted by Gasteiger charge is 2.16. The minimum absolute atomic E-state index is 0.128.